The number of primary amides is 1. The zero-order valence-corrected chi connectivity index (χ0v) is 16.2. The number of aromatic nitrogens is 2. The van der Waals surface area contributed by atoms with Crippen LogP contribution in [0.3, 0.4) is 0 Å². The number of nitrogens with zero attached hydrogens (tertiary/aromatic N) is 1. The van der Waals surface area contributed by atoms with Gasteiger partial charge in [0.1, 0.15) is 12.2 Å². The first-order chi connectivity index (χ1) is 14.3. The number of rotatable bonds is 7. The van der Waals surface area contributed by atoms with E-state index in [1.165, 1.54) is 6.07 Å². The van der Waals surface area contributed by atoms with Crippen LogP contribution in [0.1, 0.15) is 17.0 Å². The van der Waals surface area contributed by atoms with Gasteiger partial charge in [-0.25, -0.2) is 0 Å². The molecule has 0 aliphatic rings. The third-order valence-electron chi connectivity index (χ3n) is 5.21. The van der Waals surface area contributed by atoms with Crippen molar-refractivity contribution in [3.05, 3.63) is 64.2 Å². The van der Waals surface area contributed by atoms with Crippen LogP contribution >= 0.6 is 0 Å². The predicted octanol–water partition coefficient (Wildman–Crippen LogP) is -0.458. The Morgan fingerprint density at radius 3 is 2.40 bits per heavy atom. The van der Waals surface area contributed by atoms with E-state index in [0.29, 0.717) is 16.6 Å². The maximum atomic E-state index is 12.7. The number of aryl methyl sites for hydroxylation is 1. The minimum absolute atomic E-state index is 0.249. The van der Waals surface area contributed by atoms with Crippen LogP contribution in [0.15, 0.2) is 47.5 Å². The van der Waals surface area contributed by atoms with Crippen LogP contribution in [0.2, 0.25) is 0 Å². The summed E-state index contributed by atoms with van der Waals surface area (Å²) in [4.78, 5) is 31.4. The molecule has 0 radical (unpaired) electrons. The molecule has 0 saturated carbocycles. The van der Waals surface area contributed by atoms with Gasteiger partial charge in [-0.3, -0.25) is 14.6 Å². The van der Waals surface area contributed by atoms with Crippen LogP contribution in [0.4, 0.5) is 0 Å². The lowest BCUT2D eigenvalue weighted by atomic mass is 9.87. The summed E-state index contributed by atoms with van der Waals surface area (Å²) < 4.78 is 0. The number of carbonyl (C=O) groups excluding carboxylic acids is 1. The molecule has 2 aromatic heterocycles. The second-order valence-corrected chi connectivity index (χ2v) is 7.11. The number of carbonyl (C=O) groups is 1. The number of benzene rings is 1. The number of nitrogens with one attached hydrogen (secondary N) is 1. The summed E-state index contributed by atoms with van der Waals surface area (Å²) in [6.07, 6.45) is -2.02. The molecule has 0 aliphatic heterocycles. The van der Waals surface area contributed by atoms with E-state index in [-0.39, 0.29) is 11.1 Å². The quantitative estimate of drug-likeness (QED) is 0.304. The summed E-state index contributed by atoms with van der Waals surface area (Å²) in [7, 11) is 0. The Hall–Kier alpha value is -3.11. The summed E-state index contributed by atoms with van der Waals surface area (Å²) in [5.41, 5.74) is 7.67. The van der Waals surface area contributed by atoms with Crippen molar-refractivity contribution < 1.29 is 25.2 Å². The molecule has 30 heavy (non-hydrogen) atoms. The van der Waals surface area contributed by atoms with Crippen molar-refractivity contribution in [3.63, 3.8) is 0 Å². The molecule has 7 N–H and O–H groups in total. The first kappa shape index (κ1) is 21.6. The highest BCUT2D eigenvalue weighted by molar-refractivity contribution is 5.90. The van der Waals surface area contributed by atoms with E-state index >= 15 is 0 Å². The van der Waals surface area contributed by atoms with Gasteiger partial charge in [-0.1, -0.05) is 12.1 Å². The highest BCUT2D eigenvalue weighted by Crippen LogP contribution is 2.29. The maximum Gasteiger partial charge on any atom is 0.256 e. The normalized spacial score (nSPS) is 15.5. The summed E-state index contributed by atoms with van der Waals surface area (Å²) in [6, 6.07) is 8.19. The molecule has 0 unspecified atom stereocenters. The van der Waals surface area contributed by atoms with Crippen LogP contribution in [0.25, 0.3) is 22.0 Å². The van der Waals surface area contributed by atoms with Crippen LogP contribution in [-0.2, 0) is 4.79 Å². The maximum absolute atomic E-state index is 12.7. The molecule has 2 heterocycles. The van der Waals surface area contributed by atoms with Gasteiger partial charge in [-0.2, -0.15) is 0 Å². The fourth-order valence-electron chi connectivity index (χ4n) is 3.60. The van der Waals surface area contributed by atoms with E-state index in [4.69, 9.17) is 10.8 Å². The standard InChI is InChI=1S/C21H23N3O6/c1-10-13-3-2-12(17(20(22)29)19(28)18(27)15(26)9-25)8-14(13)24-21(30)16(10)11-4-6-23-7-5-11/h2-8,15,17-19,25-28H,9H2,1H3,(H2,22,29)(H,24,30)/t15-,17-,18-,19-/m1/s1. The Labute approximate surface area is 171 Å². The third kappa shape index (κ3) is 3.96. The van der Waals surface area contributed by atoms with E-state index < -0.39 is 36.7 Å². The Kier molecular flexibility index (Phi) is 6.28. The fourth-order valence-corrected chi connectivity index (χ4v) is 3.60. The summed E-state index contributed by atoms with van der Waals surface area (Å²) in [5, 5.41) is 39.7. The van der Waals surface area contributed by atoms with Gasteiger partial charge in [0, 0.05) is 23.3 Å². The number of hydrogen-bond acceptors (Lipinski definition) is 7. The average molecular weight is 413 g/mol. The van der Waals surface area contributed by atoms with Gasteiger partial charge in [0.2, 0.25) is 5.91 Å². The molecule has 3 rings (SSSR count). The average Bonchev–Trinajstić information content (AvgIpc) is 2.73. The molecular formula is C21H23N3O6. The van der Waals surface area contributed by atoms with Gasteiger partial charge in [0.05, 0.1) is 24.2 Å². The van der Waals surface area contributed by atoms with Crippen LogP contribution < -0.4 is 11.3 Å². The molecule has 0 bridgehead atoms. The van der Waals surface area contributed by atoms with Crippen molar-refractivity contribution >= 4 is 16.8 Å². The smallest absolute Gasteiger partial charge is 0.256 e. The summed E-state index contributed by atoms with van der Waals surface area (Å²) in [5.74, 6) is -2.30. The number of pyridine rings is 2. The van der Waals surface area contributed by atoms with Crippen LogP contribution in [0, 0.1) is 6.92 Å². The van der Waals surface area contributed by atoms with E-state index in [1.807, 2.05) is 0 Å². The molecular weight excluding hydrogens is 390 g/mol. The number of hydrogen-bond donors (Lipinski definition) is 6. The Morgan fingerprint density at radius 2 is 1.80 bits per heavy atom. The summed E-state index contributed by atoms with van der Waals surface area (Å²) >= 11 is 0. The zero-order chi connectivity index (χ0) is 22.0. The molecule has 0 aliphatic carbocycles. The van der Waals surface area contributed by atoms with Gasteiger partial charge in [0.25, 0.3) is 5.56 Å². The Balaban J connectivity index is 2.10. The van der Waals surface area contributed by atoms with Crippen molar-refractivity contribution in [1.82, 2.24) is 9.97 Å². The van der Waals surface area contributed by atoms with Gasteiger partial charge in [-0.15, -0.1) is 0 Å². The lowest BCUT2D eigenvalue weighted by Gasteiger charge is -2.27. The molecule has 1 aromatic carbocycles. The van der Waals surface area contributed by atoms with Crippen molar-refractivity contribution in [2.75, 3.05) is 6.61 Å². The number of aliphatic hydroxyl groups excluding tert-OH is 4. The first-order valence-corrected chi connectivity index (χ1v) is 9.27. The molecule has 158 valence electrons. The van der Waals surface area contributed by atoms with Gasteiger partial charge in [-0.05, 0) is 41.8 Å². The third-order valence-corrected chi connectivity index (χ3v) is 5.21. The predicted molar refractivity (Wildman–Crippen MR) is 110 cm³/mol. The lowest BCUT2D eigenvalue weighted by molar-refractivity contribution is -0.128. The highest BCUT2D eigenvalue weighted by Gasteiger charge is 2.35. The molecule has 3 aromatic rings. The monoisotopic (exact) mass is 413 g/mol. The van der Waals surface area contributed by atoms with E-state index in [2.05, 4.69) is 9.97 Å². The van der Waals surface area contributed by atoms with E-state index in [1.54, 1.807) is 43.6 Å². The number of nitrogens with two attached hydrogens (primary N) is 1. The Bertz CT molecular complexity index is 1110. The number of aliphatic hydroxyl groups is 4. The number of H-pyrrole nitrogens is 1. The first-order valence-electron chi connectivity index (χ1n) is 9.27. The zero-order valence-electron chi connectivity index (χ0n) is 16.2. The van der Waals surface area contributed by atoms with E-state index in [0.717, 1.165) is 10.9 Å². The van der Waals surface area contributed by atoms with Crippen molar-refractivity contribution in [2.24, 2.45) is 5.73 Å². The van der Waals surface area contributed by atoms with Crippen LogP contribution in [-0.4, -0.2) is 61.2 Å². The molecule has 0 saturated heterocycles. The van der Waals surface area contributed by atoms with Crippen LogP contribution in [0.5, 0.6) is 0 Å². The van der Waals surface area contributed by atoms with Gasteiger partial charge >= 0.3 is 0 Å². The minimum Gasteiger partial charge on any atom is -0.394 e. The highest BCUT2D eigenvalue weighted by atomic mass is 16.4. The lowest BCUT2D eigenvalue weighted by Crippen LogP contribution is -2.46. The van der Waals surface area contributed by atoms with Gasteiger partial charge < -0.3 is 31.1 Å². The molecule has 0 fully saturated rings. The minimum atomic E-state index is -1.79. The van der Waals surface area contributed by atoms with Gasteiger partial charge in [0.15, 0.2) is 0 Å². The fraction of sp³-hybridized carbons (Fsp3) is 0.286. The van der Waals surface area contributed by atoms with Crippen molar-refractivity contribution in [2.45, 2.75) is 31.2 Å². The van der Waals surface area contributed by atoms with E-state index in [9.17, 15) is 24.9 Å². The number of amides is 1. The molecule has 1 amide bonds. The van der Waals surface area contributed by atoms with Crippen molar-refractivity contribution in [3.8, 4) is 11.1 Å². The number of fused-ring (bicyclic) bond motifs is 1. The molecule has 0 spiro atoms. The topological polar surface area (TPSA) is 170 Å². The second kappa shape index (κ2) is 8.72. The SMILES string of the molecule is Cc1c(-c2ccncc2)c(=O)[nH]c2cc([C@@H](C(N)=O)[C@@H](O)[C@H](O)[C@H](O)CO)ccc12. The molecule has 4 atom stereocenters. The molecule has 9 nitrogen and oxygen atoms in total. The largest absolute Gasteiger partial charge is 0.394 e. The van der Waals surface area contributed by atoms with Crippen molar-refractivity contribution in [1.29, 1.82) is 0 Å². The Morgan fingerprint density at radius 1 is 1.13 bits per heavy atom. The number of aromatic amines is 1. The molecule has 9 heteroatoms. The second-order valence-electron chi connectivity index (χ2n) is 7.11. The summed E-state index contributed by atoms with van der Waals surface area (Å²) in [6.45, 7) is 1.00.